The molecule has 1 aromatic rings. The standard InChI is InChI=1S/C16H21ClN2O/c1-15(2)13(16(3,4)14(15)19-20-5)10-6-7-11(9-18)12(17)8-10/h6-8,13-14,19H,1-5H3. The van der Waals surface area contributed by atoms with Crippen LogP contribution in [0.4, 0.5) is 0 Å². The van der Waals surface area contributed by atoms with Crippen LogP contribution in [0.5, 0.6) is 0 Å². The number of nitriles is 1. The molecule has 108 valence electrons. The van der Waals surface area contributed by atoms with Gasteiger partial charge in [-0.3, -0.25) is 0 Å². The zero-order chi connectivity index (χ0) is 15.1. The molecule has 20 heavy (non-hydrogen) atoms. The molecule has 1 N–H and O–H groups in total. The van der Waals surface area contributed by atoms with E-state index in [1.165, 1.54) is 5.56 Å². The van der Waals surface area contributed by atoms with Crippen molar-refractivity contribution >= 4 is 11.6 Å². The highest BCUT2D eigenvalue weighted by molar-refractivity contribution is 6.31. The summed E-state index contributed by atoms with van der Waals surface area (Å²) in [6.45, 7) is 8.91. The lowest BCUT2D eigenvalue weighted by Crippen LogP contribution is -2.67. The monoisotopic (exact) mass is 292 g/mol. The topological polar surface area (TPSA) is 45.0 Å². The molecule has 2 rings (SSSR count). The van der Waals surface area contributed by atoms with E-state index in [0.29, 0.717) is 16.5 Å². The van der Waals surface area contributed by atoms with Gasteiger partial charge in [-0.1, -0.05) is 45.4 Å². The Morgan fingerprint density at radius 2 is 1.85 bits per heavy atom. The Hall–Kier alpha value is -1.08. The molecule has 1 aliphatic rings. The minimum absolute atomic E-state index is 0.0526. The maximum atomic E-state index is 8.98. The number of nitrogens with zero attached hydrogens (tertiary/aromatic N) is 1. The second kappa shape index (κ2) is 5.04. The first-order chi connectivity index (χ1) is 9.26. The third-order valence-electron chi connectivity index (χ3n) is 4.66. The highest BCUT2D eigenvalue weighted by atomic mass is 35.5. The summed E-state index contributed by atoms with van der Waals surface area (Å²) in [7, 11) is 1.65. The third kappa shape index (κ3) is 2.13. The Labute approximate surface area is 125 Å². The molecule has 1 saturated carbocycles. The molecule has 0 aliphatic heterocycles. The number of hydrogen-bond donors (Lipinski definition) is 1. The molecule has 1 fully saturated rings. The third-order valence-corrected chi connectivity index (χ3v) is 4.97. The lowest BCUT2D eigenvalue weighted by atomic mass is 9.43. The molecule has 0 amide bonds. The summed E-state index contributed by atoms with van der Waals surface area (Å²) in [5, 5.41) is 9.50. The van der Waals surface area contributed by atoms with Gasteiger partial charge in [0.15, 0.2) is 0 Å². The highest BCUT2D eigenvalue weighted by Gasteiger charge is 2.62. The second-order valence-electron chi connectivity index (χ2n) is 6.68. The van der Waals surface area contributed by atoms with E-state index < -0.39 is 0 Å². The Balaban J connectivity index is 2.39. The number of halogens is 1. The lowest BCUT2D eigenvalue weighted by molar-refractivity contribution is -0.139. The van der Waals surface area contributed by atoms with Gasteiger partial charge in [-0.15, -0.1) is 0 Å². The lowest BCUT2D eigenvalue weighted by Gasteiger charge is -2.64. The van der Waals surface area contributed by atoms with Crippen molar-refractivity contribution in [1.29, 1.82) is 5.26 Å². The van der Waals surface area contributed by atoms with Crippen molar-refractivity contribution in [2.24, 2.45) is 10.8 Å². The van der Waals surface area contributed by atoms with E-state index in [4.69, 9.17) is 21.7 Å². The molecule has 1 aliphatic carbocycles. The fourth-order valence-electron chi connectivity index (χ4n) is 4.24. The molecule has 0 saturated heterocycles. The van der Waals surface area contributed by atoms with Gasteiger partial charge in [0.2, 0.25) is 0 Å². The minimum Gasteiger partial charge on any atom is -0.305 e. The van der Waals surface area contributed by atoms with Crippen LogP contribution in [-0.2, 0) is 4.84 Å². The van der Waals surface area contributed by atoms with Crippen LogP contribution >= 0.6 is 11.6 Å². The normalized spacial score (nSPS) is 26.6. The van der Waals surface area contributed by atoms with Crippen LogP contribution in [0.25, 0.3) is 0 Å². The molecule has 1 aromatic carbocycles. The molecule has 0 aromatic heterocycles. The van der Waals surface area contributed by atoms with Gasteiger partial charge in [0.25, 0.3) is 0 Å². The summed E-state index contributed by atoms with van der Waals surface area (Å²) >= 11 is 6.18. The van der Waals surface area contributed by atoms with E-state index in [9.17, 15) is 0 Å². The van der Waals surface area contributed by atoms with Crippen LogP contribution in [0.1, 0.15) is 44.7 Å². The Morgan fingerprint density at radius 1 is 1.25 bits per heavy atom. The molecule has 0 atom stereocenters. The molecule has 0 unspecified atom stereocenters. The summed E-state index contributed by atoms with van der Waals surface area (Å²) in [6.07, 6.45) is 0. The van der Waals surface area contributed by atoms with Crippen molar-refractivity contribution in [3.63, 3.8) is 0 Å². The predicted molar refractivity (Wildman–Crippen MR) is 80.4 cm³/mol. The summed E-state index contributed by atoms with van der Waals surface area (Å²) < 4.78 is 0. The summed E-state index contributed by atoms with van der Waals surface area (Å²) in [6, 6.07) is 8.12. The zero-order valence-corrected chi connectivity index (χ0v) is 13.4. The van der Waals surface area contributed by atoms with E-state index in [1.807, 2.05) is 12.1 Å². The SMILES string of the molecule is CONC1C(C)(C)C(c2ccc(C#N)c(Cl)c2)C1(C)C. The fraction of sp³-hybridized carbons (Fsp3) is 0.562. The van der Waals surface area contributed by atoms with Gasteiger partial charge < -0.3 is 4.84 Å². The predicted octanol–water partition coefficient (Wildman–Crippen LogP) is 3.88. The van der Waals surface area contributed by atoms with Gasteiger partial charge in [0.1, 0.15) is 6.07 Å². The molecular weight excluding hydrogens is 272 g/mol. The second-order valence-corrected chi connectivity index (χ2v) is 7.09. The zero-order valence-electron chi connectivity index (χ0n) is 12.6. The molecule has 3 nitrogen and oxygen atoms in total. The molecule has 0 spiro atoms. The van der Waals surface area contributed by atoms with E-state index in [1.54, 1.807) is 13.2 Å². The van der Waals surface area contributed by atoms with Gasteiger partial charge in [-0.25, -0.2) is 0 Å². The maximum Gasteiger partial charge on any atom is 0.101 e. The van der Waals surface area contributed by atoms with E-state index in [0.717, 1.165) is 0 Å². The van der Waals surface area contributed by atoms with Gasteiger partial charge in [0, 0.05) is 6.04 Å². The van der Waals surface area contributed by atoms with Crippen molar-refractivity contribution in [1.82, 2.24) is 5.48 Å². The summed E-state index contributed by atoms with van der Waals surface area (Å²) in [4.78, 5) is 5.14. The Kier molecular flexibility index (Phi) is 3.85. The highest BCUT2D eigenvalue weighted by Crippen LogP contribution is 2.64. The molecule has 0 heterocycles. The molecular formula is C16H21ClN2O. The molecule has 4 heteroatoms. The number of benzene rings is 1. The minimum atomic E-state index is 0.0526. The van der Waals surface area contributed by atoms with Crippen LogP contribution in [0, 0.1) is 22.2 Å². The molecule has 0 radical (unpaired) electrons. The van der Waals surface area contributed by atoms with Gasteiger partial charge in [-0.2, -0.15) is 10.7 Å². The Morgan fingerprint density at radius 3 is 2.30 bits per heavy atom. The number of nitrogens with one attached hydrogen (secondary N) is 1. The average Bonchev–Trinajstić information content (AvgIpc) is 2.35. The Bertz CT molecular complexity index is 544. The largest absolute Gasteiger partial charge is 0.305 e. The first-order valence-corrected chi connectivity index (χ1v) is 7.12. The van der Waals surface area contributed by atoms with Crippen LogP contribution in [0.15, 0.2) is 18.2 Å². The van der Waals surface area contributed by atoms with Crippen molar-refractivity contribution in [3.8, 4) is 6.07 Å². The quantitative estimate of drug-likeness (QED) is 0.860. The molecule has 0 bridgehead atoms. The number of hydrogen-bond acceptors (Lipinski definition) is 3. The van der Waals surface area contributed by atoms with Gasteiger partial charge in [-0.05, 0) is 34.4 Å². The summed E-state index contributed by atoms with van der Waals surface area (Å²) in [5.74, 6) is 0.355. The van der Waals surface area contributed by atoms with Crippen molar-refractivity contribution in [2.45, 2.75) is 39.7 Å². The van der Waals surface area contributed by atoms with Gasteiger partial charge >= 0.3 is 0 Å². The number of rotatable bonds is 3. The van der Waals surface area contributed by atoms with Crippen LogP contribution in [0.2, 0.25) is 5.02 Å². The van der Waals surface area contributed by atoms with Crippen molar-refractivity contribution in [2.75, 3.05) is 7.11 Å². The first kappa shape index (κ1) is 15.3. The van der Waals surface area contributed by atoms with Crippen LogP contribution in [-0.4, -0.2) is 13.2 Å². The van der Waals surface area contributed by atoms with E-state index in [2.05, 4.69) is 39.2 Å². The summed E-state index contributed by atoms with van der Waals surface area (Å²) in [5.41, 5.74) is 4.92. The van der Waals surface area contributed by atoms with Crippen LogP contribution in [0.3, 0.4) is 0 Å². The fourth-order valence-corrected chi connectivity index (χ4v) is 4.47. The van der Waals surface area contributed by atoms with Crippen LogP contribution < -0.4 is 5.48 Å². The van der Waals surface area contributed by atoms with Gasteiger partial charge in [0.05, 0.1) is 17.7 Å². The maximum absolute atomic E-state index is 8.98. The van der Waals surface area contributed by atoms with Crippen molar-refractivity contribution < 1.29 is 4.84 Å². The first-order valence-electron chi connectivity index (χ1n) is 6.75. The van der Waals surface area contributed by atoms with Crippen molar-refractivity contribution in [3.05, 3.63) is 34.3 Å². The average molecular weight is 293 g/mol. The van der Waals surface area contributed by atoms with E-state index in [-0.39, 0.29) is 16.9 Å². The van der Waals surface area contributed by atoms with E-state index >= 15 is 0 Å². The number of hydroxylamine groups is 1. The smallest absolute Gasteiger partial charge is 0.101 e.